The molecular weight excluding hydrogens is 296 g/mol. The Labute approximate surface area is 135 Å². The molecule has 23 heavy (non-hydrogen) atoms. The van der Waals surface area contributed by atoms with Gasteiger partial charge in [0.25, 0.3) is 0 Å². The highest BCUT2D eigenvalue weighted by Crippen LogP contribution is 2.35. The van der Waals surface area contributed by atoms with Crippen LogP contribution in [0, 0.1) is 5.92 Å². The maximum atomic E-state index is 12.7. The number of hydrogen-bond acceptors (Lipinski definition) is 3. The zero-order valence-electron chi connectivity index (χ0n) is 13.5. The minimum absolute atomic E-state index is 0.149. The number of nitrogens with one attached hydrogen (secondary N) is 2. The maximum Gasteiger partial charge on any atom is 0.316 e. The SMILES string of the molecule is CC[C@H](C)[C@H]1C(=O)Nc2ccccc2C(C(=O)NC)N1C(N)=O. The first-order valence-electron chi connectivity index (χ1n) is 7.61. The lowest BCUT2D eigenvalue weighted by molar-refractivity contribution is -0.129. The van der Waals surface area contributed by atoms with Crippen molar-refractivity contribution in [1.29, 1.82) is 0 Å². The standard InChI is InChI=1S/C16H22N4O3/c1-4-9(2)12-15(22)19-11-8-6-5-7-10(11)13(14(21)18-3)20(12)16(17)23/h5-9,12-13H,4H2,1-3H3,(H2,17,23)(H,18,21)(H,19,22)/t9-,12-,13?/m0/s1. The van der Waals surface area contributed by atoms with Crippen LogP contribution in [0.1, 0.15) is 31.9 Å². The number of para-hydroxylation sites is 1. The van der Waals surface area contributed by atoms with Gasteiger partial charge in [-0.15, -0.1) is 0 Å². The second-order valence-corrected chi connectivity index (χ2v) is 5.67. The third-order valence-corrected chi connectivity index (χ3v) is 4.29. The summed E-state index contributed by atoms with van der Waals surface area (Å²) in [5.41, 5.74) is 6.61. The number of urea groups is 1. The summed E-state index contributed by atoms with van der Waals surface area (Å²) in [5.74, 6) is -0.873. The van der Waals surface area contributed by atoms with Crippen molar-refractivity contribution in [2.45, 2.75) is 32.4 Å². The quantitative estimate of drug-likeness (QED) is 0.780. The summed E-state index contributed by atoms with van der Waals surface area (Å²) >= 11 is 0. The van der Waals surface area contributed by atoms with Gasteiger partial charge >= 0.3 is 6.03 Å². The number of carbonyl (C=O) groups excluding carboxylic acids is 3. The monoisotopic (exact) mass is 318 g/mol. The third kappa shape index (κ3) is 2.99. The van der Waals surface area contributed by atoms with Crippen LogP contribution in [0.5, 0.6) is 0 Å². The molecule has 3 atom stereocenters. The number of amides is 4. The van der Waals surface area contributed by atoms with Crippen molar-refractivity contribution in [3.05, 3.63) is 29.8 Å². The van der Waals surface area contributed by atoms with E-state index in [0.717, 1.165) is 0 Å². The van der Waals surface area contributed by atoms with E-state index in [0.29, 0.717) is 17.7 Å². The predicted octanol–water partition coefficient (Wildman–Crippen LogP) is 1.22. The molecule has 2 rings (SSSR count). The normalized spacial score (nSPS) is 21.7. The highest BCUT2D eigenvalue weighted by molar-refractivity contribution is 6.02. The van der Waals surface area contributed by atoms with Crippen LogP contribution in [0.15, 0.2) is 24.3 Å². The Morgan fingerprint density at radius 3 is 2.61 bits per heavy atom. The van der Waals surface area contributed by atoms with Gasteiger partial charge in [0.15, 0.2) is 0 Å². The molecule has 1 aromatic carbocycles. The maximum absolute atomic E-state index is 12.7. The Balaban J connectivity index is 2.67. The van der Waals surface area contributed by atoms with Crippen LogP contribution in [0.3, 0.4) is 0 Å². The van der Waals surface area contributed by atoms with Crippen molar-refractivity contribution in [3.63, 3.8) is 0 Å². The van der Waals surface area contributed by atoms with Gasteiger partial charge in [-0.1, -0.05) is 38.5 Å². The minimum atomic E-state index is -0.952. The van der Waals surface area contributed by atoms with E-state index in [4.69, 9.17) is 5.73 Å². The number of fused-ring (bicyclic) bond motifs is 1. The Morgan fingerprint density at radius 1 is 1.39 bits per heavy atom. The second-order valence-electron chi connectivity index (χ2n) is 5.67. The number of primary amides is 1. The summed E-state index contributed by atoms with van der Waals surface area (Å²) in [6.07, 6.45) is 0.665. The third-order valence-electron chi connectivity index (χ3n) is 4.29. The van der Waals surface area contributed by atoms with E-state index >= 15 is 0 Å². The average Bonchev–Trinajstić information content (AvgIpc) is 2.67. The molecule has 4 amide bonds. The summed E-state index contributed by atoms with van der Waals surface area (Å²) in [7, 11) is 1.49. The van der Waals surface area contributed by atoms with E-state index in [1.165, 1.54) is 11.9 Å². The van der Waals surface area contributed by atoms with Crippen LogP contribution in [0.25, 0.3) is 0 Å². The first-order chi connectivity index (χ1) is 10.9. The molecule has 7 nitrogen and oxygen atoms in total. The number of benzene rings is 1. The molecule has 1 heterocycles. The highest BCUT2D eigenvalue weighted by Gasteiger charge is 2.44. The lowest BCUT2D eigenvalue weighted by atomic mass is 9.94. The van der Waals surface area contributed by atoms with Crippen LogP contribution < -0.4 is 16.4 Å². The smallest absolute Gasteiger partial charge is 0.316 e. The van der Waals surface area contributed by atoms with E-state index in [-0.39, 0.29) is 17.7 Å². The van der Waals surface area contributed by atoms with Crippen molar-refractivity contribution in [3.8, 4) is 0 Å². The molecule has 7 heteroatoms. The van der Waals surface area contributed by atoms with Crippen molar-refractivity contribution in [1.82, 2.24) is 10.2 Å². The summed E-state index contributed by atoms with van der Waals surface area (Å²) < 4.78 is 0. The van der Waals surface area contributed by atoms with Gasteiger partial charge in [0.1, 0.15) is 12.1 Å². The fourth-order valence-corrected chi connectivity index (χ4v) is 2.92. The molecule has 4 N–H and O–H groups in total. The molecule has 0 fully saturated rings. The number of carbonyl (C=O) groups is 3. The molecule has 1 aliphatic heterocycles. The summed E-state index contributed by atoms with van der Waals surface area (Å²) in [6.45, 7) is 3.78. The van der Waals surface area contributed by atoms with Gasteiger partial charge in [-0.05, 0) is 12.0 Å². The number of nitrogens with two attached hydrogens (primary N) is 1. The van der Waals surface area contributed by atoms with Crippen molar-refractivity contribution in [2.75, 3.05) is 12.4 Å². The molecule has 1 unspecified atom stereocenters. The Morgan fingerprint density at radius 2 is 2.04 bits per heavy atom. The van der Waals surface area contributed by atoms with E-state index in [2.05, 4.69) is 10.6 Å². The molecule has 1 aromatic rings. The molecular formula is C16H22N4O3. The molecule has 0 aliphatic carbocycles. The number of hydrogen-bond donors (Lipinski definition) is 3. The largest absolute Gasteiger partial charge is 0.357 e. The van der Waals surface area contributed by atoms with E-state index in [1.807, 2.05) is 13.8 Å². The predicted molar refractivity (Wildman–Crippen MR) is 86.5 cm³/mol. The van der Waals surface area contributed by atoms with Gasteiger partial charge in [0.05, 0.1) is 0 Å². The molecule has 0 aromatic heterocycles. The number of anilines is 1. The van der Waals surface area contributed by atoms with E-state index < -0.39 is 18.1 Å². The number of nitrogens with zero attached hydrogens (tertiary/aromatic N) is 1. The zero-order chi connectivity index (χ0) is 17.1. The summed E-state index contributed by atoms with van der Waals surface area (Å²) in [5, 5.41) is 5.37. The topological polar surface area (TPSA) is 105 Å². The van der Waals surface area contributed by atoms with E-state index in [9.17, 15) is 14.4 Å². The molecule has 0 bridgehead atoms. The molecule has 0 saturated carbocycles. The van der Waals surface area contributed by atoms with Crippen molar-refractivity contribution < 1.29 is 14.4 Å². The fraction of sp³-hybridized carbons (Fsp3) is 0.438. The average molecular weight is 318 g/mol. The van der Waals surface area contributed by atoms with Crippen LogP contribution in [-0.4, -0.2) is 35.8 Å². The number of rotatable bonds is 3. The lowest BCUT2D eigenvalue weighted by Crippen LogP contribution is -2.55. The van der Waals surface area contributed by atoms with Crippen LogP contribution >= 0.6 is 0 Å². The van der Waals surface area contributed by atoms with Gasteiger partial charge < -0.3 is 16.4 Å². The Kier molecular flexibility index (Phi) is 4.88. The van der Waals surface area contributed by atoms with Gasteiger partial charge in [-0.25, -0.2) is 4.79 Å². The van der Waals surface area contributed by atoms with Crippen LogP contribution in [-0.2, 0) is 9.59 Å². The van der Waals surface area contributed by atoms with Gasteiger partial charge in [0, 0.05) is 18.3 Å². The zero-order valence-corrected chi connectivity index (χ0v) is 13.5. The van der Waals surface area contributed by atoms with Gasteiger partial charge in [0.2, 0.25) is 11.8 Å². The highest BCUT2D eigenvalue weighted by atomic mass is 16.2. The first-order valence-corrected chi connectivity index (χ1v) is 7.61. The summed E-state index contributed by atoms with van der Waals surface area (Å²) in [4.78, 5) is 38.4. The van der Waals surface area contributed by atoms with Crippen LogP contribution in [0.4, 0.5) is 10.5 Å². The van der Waals surface area contributed by atoms with Crippen LogP contribution in [0.2, 0.25) is 0 Å². The molecule has 0 radical (unpaired) electrons. The second kappa shape index (κ2) is 6.68. The fourth-order valence-electron chi connectivity index (χ4n) is 2.92. The van der Waals surface area contributed by atoms with Crippen molar-refractivity contribution in [2.24, 2.45) is 11.7 Å². The molecule has 1 aliphatic rings. The first kappa shape index (κ1) is 16.8. The molecule has 0 saturated heterocycles. The summed E-state index contributed by atoms with van der Waals surface area (Å²) in [6, 6.07) is 4.38. The number of likely N-dealkylation sites (N-methyl/N-ethyl adjacent to an activating group) is 1. The van der Waals surface area contributed by atoms with Gasteiger partial charge in [-0.3, -0.25) is 14.5 Å². The molecule has 0 spiro atoms. The Hall–Kier alpha value is -2.57. The lowest BCUT2D eigenvalue weighted by Gasteiger charge is -2.35. The van der Waals surface area contributed by atoms with E-state index in [1.54, 1.807) is 24.3 Å². The minimum Gasteiger partial charge on any atom is -0.357 e. The molecule has 124 valence electrons. The van der Waals surface area contributed by atoms with Gasteiger partial charge in [-0.2, -0.15) is 0 Å². The Bertz CT molecular complexity index is 632. The van der Waals surface area contributed by atoms with Crippen molar-refractivity contribution >= 4 is 23.5 Å².